The van der Waals surface area contributed by atoms with Crippen LogP contribution in [-0.4, -0.2) is 0 Å². The van der Waals surface area contributed by atoms with Gasteiger partial charge in [-0.25, -0.2) is 0 Å². The minimum atomic E-state index is 0.597. The minimum Gasteiger partial charge on any atom is -0.119 e. The monoisotopic (exact) mass is 106 g/mol. The van der Waals surface area contributed by atoms with Crippen LogP contribution in [-0.2, 0) is 0 Å². The summed E-state index contributed by atoms with van der Waals surface area (Å²) in [5, 5.41) is 0. The third-order valence-corrected chi connectivity index (χ3v) is 0.690. The average molecular weight is 106 g/mol. The van der Waals surface area contributed by atoms with Crippen LogP contribution in [0.5, 0.6) is 0 Å². The highest BCUT2D eigenvalue weighted by Gasteiger charge is 1.67. The van der Waals surface area contributed by atoms with E-state index in [2.05, 4.69) is 24.7 Å². The molecule has 42 valence electrons. The molecule has 0 radical (unpaired) electrons. The first-order chi connectivity index (χ1) is 3.91. The van der Waals surface area contributed by atoms with Crippen molar-refractivity contribution in [2.75, 3.05) is 0 Å². The Kier molecular flexibility index (Phi) is 5.45. The van der Waals surface area contributed by atoms with Gasteiger partial charge in [0, 0.05) is 6.42 Å². The van der Waals surface area contributed by atoms with Crippen molar-refractivity contribution in [1.29, 1.82) is 0 Å². The average Bonchev–Trinajstić information content (AvgIpc) is 1.81. The van der Waals surface area contributed by atoms with Crippen LogP contribution in [0.25, 0.3) is 0 Å². The van der Waals surface area contributed by atoms with Gasteiger partial charge in [-0.05, 0) is 6.42 Å². The van der Waals surface area contributed by atoms with Gasteiger partial charge in [0.15, 0.2) is 0 Å². The van der Waals surface area contributed by atoms with Crippen molar-refractivity contribution >= 4 is 0 Å². The molecule has 0 aliphatic rings. The van der Waals surface area contributed by atoms with Gasteiger partial charge in [-0.2, -0.15) is 0 Å². The van der Waals surface area contributed by atoms with E-state index in [0.717, 1.165) is 12.8 Å². The molecule has 0 rings (SSSR count). The van der Waals surface area contributed by atoms with Crippen LogP contribution in [0.1, 0.15) is 26.2 Å². The molecule has 0 saturated carbocycles. The Bertz CT molecular complexity index is 126. The zero-order valence-corrected chi connectivity index (χ0v) is 5.20. The van der Waals surface area contributed by atoms with Gasteiger partial charge in [-0.1, -0.05) is 18.8 Å². The molecule has 0 spiro atoms. The van der Waals surface area contributed by atoms with E-state index in [9.17, 15) is 0 Å². The van der Waals surface area contributed by atoms with Gasteiger partial charge in [0.1, 0.15) is 0 Å². The molecule has 0 saturated heterocycles. The van der Waals surface area contributed by atoms with Gasteiger partial charge in [0.05, 0.1) is 6.42 Å². The molecule has 0 amide bonds. The van der Waals surface area contributed by atoms with Crippen molar-refractivity contribution in [2.45, 2.75) is 26.2 Å². The van der Waals surface area contributed by atoms with Crippen LogP contribution in [0, 0.1) is 24.2 Å². The fourth-order valence-corrected chi connectivity index (χ4v) is 0.327. The molecule has 0 bridgehead atoms. The van der Waals surface area contributed by atoms with Crippen LogP contribution in [0.4, 0.5) is 0 Å². The van der Waals surface area contributed by atoms with Crippen LogP contribution in [0.3, 0.4) is 0 Å². The van der Waals surface area contributed by atoms with Gasteiger partial charge in [-0.15, -0.1) is 12.3 Å². The molecule has 0 N–H and O–H groups in total. The fraction of sp³-hybridized carbons (Fsp3) is 0.500. The largest absolute Gasteiger partial charge is 0.119 e. The fourth-order valence-electron chi connectivity index (χ4n) is 0.327. The Morgan fingerprint density at radius 3 is 2.62 bits per heavy atom. The second kappa shape index (κ2) is 6.12. The van der Waals surface area contributed by atoms with E-state index in [1.807, 2.05) is 0 Å². The van der Waals surface area contributed by atoms with Crippen LogP contribution >= 0.6 is 0 Å². The van der Waals surface area contributed by atoms with Gasteiger partial charge in [0.2, 0.25) is 0 Å². The van der Waals surface area contributed by atoms with Crippen LogP contribution < -0.4 is 0 Å². The summed E-state index contributed by atoms with van der Waals surface area (Å²) >= 11 is 0. The van der Waals surface area contributed by atoms with Crippen molar-refractivity contribution in [2.24, 2.45) is 0 Å². The third kappa shape index (κ3) is 5.12. The first-order valence-corrected chi connectivity index (χ1v) is 2.81. The highest BCUT2D eigenvalue weighted by atomic mass is 13.7. The predicted octanol–water partition coefficient (Wildman–Crippen LogP) is 1.81. The molecule has 0 fully saturated rings. The van der Waals surface area contributed by atoms with Crippen molar-refractivity contribution in [3.8, 4) is 24.2 Å². The maximum atomic E-state index is 4.96. The summed E-state index contributed by atoms with van der Waals surface area (Å²) < 4.78 is 0. The van der Waals surface area contributed by atoms with E-state index in [1.54, 1.807) is 0 Å². The smallest absolute Gasteiger partial charge is 0.0700 e. The second-order valence-corrected chi connectivity index (χ2v) is 1.48. The Balaban J connectivity index is 3.11. The Hall–Kier alpha value is -0.880. The summed E-state index contributed by atoms with van der Waals surface area (Å²) in [5.41, 5.74) is 0. The number of hydrogen-bond donors (Lipinski definition) is 0. The minimum absolute atomic E-state index is 0.597. The lowest BCUT2D eigenvalue weighted by Gasteiger charge is -1.74. The number of hydrogen-bond acceptors (Lipinski definition) is 0. The molecule has 0 aromatic carbocycles. The van der Waals surface area contributed by atoms with Gasteiger partial charge in [-0.3, -0.25) is 0 Å². The SMILES string of the molecule is C#CCC#CCCC. The molecule has 0 aliphatic carbocycles. The number of terminal acetylenes is 1. The van der Waals surface area contributed by atoms with E-state index in [4.69, 9.17) is 6.42 Å². The summed E-state index contributed by atoms with van der Waals surface area (Å²) in [7, 11) is 0. The van der Waals surface area contributed by atoms with Gasteiger partial charge < -0.3 is 0 Å². The summed E-state index contributed by atoms with van der Waals surface area (Å²) in [4.78, 5) is 0. The highest BCUT2D eigenvalue weighted by molar-refractivity contribution is 5.07. The molecular formula is C8H10. The summed E-state index contributed by atoms with van der Waals surface area (Å²) in [5.74, 6) is 8.25. The molecule has 0 aromatic rings. The van der Waals surface area contributed by atoms with E-state index in [-0.39, 0.29) is 0 Å². The lowest BCUT2D eigenvalue weighted by Crippen LogP contribution is -1.61. The molecular weight excluding hydrogens is 96.1 g/mol. The van der Waals surface area contributed by atoms with Crippen LogP contribution in [0.15, 0.2) is 0 Å². The van der Waals surface area contributed by atoms with Crippen molar-refractivity contribution < 1.29 is 0 Å². The number of unbranched alkanes of at least 4 members (excludes halogenated alkanes) is 1. The molecule has 0 heteroatoms. The quantitative estimate of drug-likeness (QED) is 0.447. The molecule has 0 unspecified atom stereocenters. The molecule has 0 heterocycles. The summed E-state index contributed by atoms with van der Waals surface area (Å²) in [6, 6.07) is 0. The Morgan fingerprint density at radius 2 is 2.12 bits per heavy atom. The van der Waals surface area contributed by atoms with E-state index >= 15 is 0 Å². The normalized spacial score (nSPS) is 6.50. The van der Waals surface area contributed by atoms with E-state index in [1.165, 1.54) is 0 Å². The maximum absolute atomic E-state index is 4.96. The molecule has 0 atom stereocenters. The summed E-state index contributed by atoms with van der Waals surface area (Å²) in [6.07, 6.45) is 7.65. The molecule has 8 heavy (non-hydrogen) atoms. The lowest BCUT2D eigenvalue weighted by atomic mass is 10.3. The second-order valence-electron chi connectivity index (χ2n) is 1.48. The highest BCUT2D eigenvalue weighted by Crippen LogP contribution is 1.81. The Morgan fingerprint density at radius 1 is 1.38 bits per heavy atom. The summed E-state index contributed by atoms with van der Waals surface area (Å²) in [6.45, 7) is 2.10. The van der Waals surface area contributed by atoms with Crippen molar-refractivity contribution in [3.05, 3.63) is 0 Å². The zero-order chi connectivity index (χ0) is 6.24. The predicted molar refractivity (Wildman–Crippen MR) is 36.1 cm³/mol. The molecule has 0 aromatic heterocycles. The first kappa shape index (κ1) is 7.12. The first-order valence-electron chi connectivity index (χ1n) is 2.81. The third-order valence-electron chi connectivity index (χ3n) is 0.690. The van der Waals surface area contributed by atoms with E-state index < -0.39 is 0 Å². The van der Waals surface area contributed by atoms with Gasteiger partial charge >= 0.3 is 0 Å². The maximum Gasteiger partial charge on any atom is 0.0700 e. The van der Waals surface area contributed by atoms with Crippen molar-refractivity contribution in [3.63, 3.8) is 0 Å². The molecule has 0 aliphatic heterocycles. The standard InChI is InChI=1S/C8H10/c1-3-5-7-8-6-4-2/h1H,4-6H2,2H3. The number of rotatable bonds is 1. The van der Waals surface area contributed by atoms with Gasteiger partial charge in [0.25, 0.3) is 0 Å². The lowest BCUT2D eigenvalue weighted by molar-refractivity contribution is 0.982. The van der Waals surface area contributed by atoms with E-state index in [0.29, 0.717) is 6.42 Å². The zero-order valence-electron chi connectivity index (χ0n) is 5.20. The topological polar surface area (TPSA) is 0 Å². The Labute approximate surface area is 51.3 Å². The van der Waals surface area contributed by atoms with Crippen LogP contribution in [0.2, 0.25) is 0 Å². The molecule has 0 nitrogen and oxygen atoms in total. The van der Waals surface area contributed by atoms with Crippen molar-refractivity contribution in [1.82, 2.24) is 0 Å².